The van der Waals surface area contributed by atoms with E-state index in [1.807, 2.05) is 16.8 Å². The molecule has 3 rings (SSSR count). The maximum Gasteiger partial charge on any atom is 0.213 e. The Bertz CT molecular complexity index is 819. The van der Waals surface area contributed by atoms with Crippen LogP contribution in [0, 0.1) is 0 Å². The fourth-order valence-electron chi connectivity index (χ4n) is 2.92. The van der Waals surface area contributed by atoms with Gasteiger partial charge >= 0.3 is 0 Å². The van der Waals surface area contributed by atoms with E-state index < -0.39 is 0 Å². The Balaban J connectivity index is 1.92. The molecule has 0 fully saturated rings. The topological polar surface area (TPSA) is 68.6 Å². The number of ether oxygens (including phenoxy) is 1. The van der Waals surface area contributed by atoms with Gasteiger partial charge in [-0.25, -0.2) is 14.6 Å². The van der Waals surface area contributed by atoms with Crippen LogP contribution < -0.4 is 4.74 Å². The molecule has 0 aliphatic carbocycles. The van der Waals surface area contributed by atoms with E-state index in [0.717, 1.165) is 42.3 Å². The van der Waals surface area contributed by atoms with Gasteiger partial charge in [-0.05, 0) is 31.0 Å². The summed E-state index contributed by atoms with van der Waals surface area (Å²) in [5, 5.41) is 4.75. The van der Waals surface area contributed by atoms with Crippen molar-refractivity contribution in [2.24, 2.45) is 0 Å². The Kier molecular flexibility index (Phi) is 6.04. The van der Waals surface area contributed by atoms with Gasteiger partial charge in [-0.15, -0.1) is 0 Å². The number of H-pyrrole nitrogens is 1. The molecule has 3 heterocycles. The summed E-state index contributed by atoms with van der Waals surface area (Å²) in [6.45, 7) is 4.35. The molecule has 0 aliphatic rings. The highest BCUT2D eigenvalue weighted by Crippen LogP contribution is 2.22. The largest absolute Gasteiger partial charge is 0.481 e. The second kappa shape index (κ2) is 8.65. The molecule has 138 valence electrons. The first-order valence-corrected chi connectivity index (χ1v) is 9.39. The summed E-state index contributed by atoms with van der Waals surface area (Å²) in [6.07, 6.45) is 8.43. The standard InChI is InChI=1S/C20H27N5O/c1-4-6-7-8-9-18-23-20(17-12-10-15(5-2)22-17)25(24-18)16-11-13-19(26-3)21-14-16/h10-14,22H,4-9H2,1-3H3. The molecule has 0 spiro atoms. The molecular weight excluding hydrogens is 326 g/mol. The third kappa shape index (κ3) is 4.12. The molecule has 26 heavy (non-hydrogen) atoms. The van der Waals surface area contributed by atoms with Crippen molar-refractivity contribution in [3.8, 4) is 23.1 Å². The Labute approximate surface area is 154 Å². The SMILES string of the molecule is CCCCCCc1nc(-c2ccc(CC)[nH]2)n(-c2ccc(OC)nc2)n1. The number of hydrogen-bond donors (Lipinski definition) is 1. The summed E-state index contributed by atoms with van der Waals surface area (Å²) in [7, 11) is 1.61. The second-order valence-corrected chi connectivity index (χ2v) is 6.38. The van der Waals surface area contributed by atoms with Gasteiger partial charge in [0.25, 0.3) is 0 Å². The molecule has 0 aliphatic heterocycles. The van der Waals surface area contributed by atoms with Crippen LogP contribution in [0.3, 0.4) is 0 Å². The molecule has 0 saturated carbocycles. The van der Waals surface area contributed by atoms with Gasteiger partial charge in [-0.1, -0.05) is 33.1 Å². The summed E-state index contributed by atoms with van der Waals surface area (Å²) in [4.78, 5) is 12.5. The Morgan fingerprint density at radius 2 is 1.96 bits per heavy atom. The van der Waals surface area contributed by atoms with Gasteiger partial charge in [-0.2, -0.15) is 5.10 Å². The molecule has 0 radical (unpaired) electrons. The van der Waals surface area contributed by atoms with Gasteiger partial charge in [0.1, 0.15) is 0 Å². The molecule has 0 aromatic carbocycles. The molecule has 6 heteroatoms. The van der Waals surface area contributed by atoms with Gasteiger partial charge in [0.05, 0.1) is 24.7 Å². The Morgan fingerprint density at radius 1 is 1.08 bits per heavy atom. The summed E-state index contributed by atoms with van der Waals surface area (Å²) in [5.41, 5.74) is 3.04. The van der Waals surface area contributed by atoms with Gasteiger partial charge in [0.15, 0.2) is 11.6 Å². The molecule has 6 nitrogen and oxygen atoms in total. The van der Waals surface area contributed by atoms with Crippen LogP contribution in [0.4, 0.5) is 0 Å². The van der Waals surface area contributed by atoms with E-state index >= 15 is 0 Å². The number of hydrogen-bond acceptors (Lipinski definition) is 4. The molecule has 1 N–H and O–H groups in total. The van der Waals surface area contributed by atoms with Crippen LogP contribution in [-0.4, -0.2) is 31.8 Å². The summed E-state index contributed by atoms with van der Waals surface area (Å²) in [5.74, 6) is 2.28. The van der Waals surface area contributed by atoms with Gasteiger partial charge < -0.3 is 9.72 Å². The quantitative estimate of drug-likeness (QED) is 0.581. The van der Waals surface area contributed by atoms with Crippen molar-refractivity contribution in [3.63, 3.8) is 0 Å². The van der Waals surface area contributed by atoms with Crippen molar-refractivity contribution in [2.75, 3.05) is 7.11 Å². The van der Waals surface area contributed by atoms with E-state index in [-0.39, 0.29) is 0 Å². The van der Waals surface area contributed by atoms with E-state index in [1.165, 1.54) is 25.0 Å². The molecule has 3 aromatic heterocycles. The van der Waals surface area contributed by atoms with E-state index in [1.54, 1.807) is 13.3 Å². The highest BCUT2D eigenvalue weighted by atomic mass is 16.5. The van der Waals surface area contributed by atoms with Crippen LogP contribution in [0.1, 0.15) is 51.0 Å². The van der Waals surface area contributed by atoms with E-state index in [4.69, 9.17) is 14.8 Å². The monoisotopic (exact) mass is 353 g/mol. The summed E-state index contributed by atoms with van der Waals surface area (Å²) in [6, 6.07) is 7.96. The zero-order chi connectivity index (χ0) is 18.4. The van der Waals surface area contributed by atoms with E-state index in [2.05, 4.69) is 35.9 Å². The number of aryl methyl sites for hydroxylation is 2. The minimum absolute atomic E-state index is 0.586. The number of rotatable bonds is 9. The first-order valence-electron chi connectivity index (χ1n) is 9.39. The summed E-state index contributed by atoms with van der Waals surface area (Å²) < 4.78 is 7.02. The molecular formula is C20H27N5O. The molecule has 0 bridgehead atoms. The maximum atomic E-state index is 5.16. The minimum atomic E-state index is 0.586. The van der Waals surface area contributed by atoms with Crippen molar-refractivity contribution in [1.82, 2.24) is 24.7 Å². The normalized spacial score (nSPS) is 11.0. The first kappa shape index (κ1) is 18.2. The predicted molar refractivity (Wildman–Crippen MR) is 103 cm³/mol. The lowest BCUT2D eigenvalue weighted by Crippen LogP contribution is -2.01. The van der Waals surface area contributed by atoms with Crippen LogP contribution in [-0.2, 0) is 12.8 Å². The minimum Gasteiger partial charge on any atom is -0.481 e. The lowest BCUT2D eigenvalue weighted by molar-refractivity contribution is 0.397. The van der Waals surface area contributed by atoms with Crippen LogP contribution in [0.2, 0.25) is 0 Å². The number of methoxy groups -OCH3 is 1. The van der Waals surface area contributed by atoms with Gasteiger partial charge in [0.2, 0.25) is 5.88 Å². The average Bonchev–Trinajstić information content (AvgIpc) is 3.32. The fraction of sp³-hybridized carbons (Fsp3) is 0.450. The molecule has 0 unspecified atom stereocenters. The van der Waals surface area contributed by atoms with Crippen LogP contribution >= 0.6 is 0 Å². The molecule has 3 aromatic rings. The van der Waals surface area contributed by atoms with Gasteiger partial charge in [0, 0.05) is 18.2 Å². The number of unbranched alkanes of at least 4 members (excludes halogenated alkanes) is 3. The third-order valence-corrected chi connectivity index (χ3v) is 4.45. The maximum absolute atomic E-state index is 5.16. The molecule has 0 atom stereocenters. The fourth-order valence-corrected chi connectivity index (χ4v) is 2.92. The zero-order valence-corrected chi connectivity index (χ0v) is 15.8. The Morgan fingerprint density at radius 3 is 2.62 bits per heavy atom. The highest BCUT2D eigenvalue weighted by Gasteiger charge is 2.15. The number of aromatic amines is 1. The number of nitrogens with one attached hydrogen (secondary N) is 1. The molecule has 0 amide bonds. The second-order valence-electron chi connectivity index (χ2n) is 6.38. The average molecular weight is 353 g/mol. The van der Waals surface area contributed by atoms with Crippen molar-refractivity contribution in [3.05, 3.63) is 42.0 Å². The van der Waals surface area contributed by atoms with Crippen molar-refractivity contribution in [1.29, 1.82) is 0 Å². The smallest absolute Gasteiger partial charge is 0.213 e. The first-order chi connectivity index (χ1) is 12.7. The van der Waals surface area contributed by atoms with Crippen LogP contribution in [0.15, 0.2) is 30.5 Å². The van der Waals surface area contributed by atoms with Crippen molar-refractivity contribution >= 4 is 0 Å². The summed E-state index contributed by atoms with van der Waals surface area (Å²) >= 11 is 0. The lowest BCUT2D eigenvalue weighted by Gasteiger charge is -2.05. The Hall–Kier alpha value is -2.63. The number of aromatic nitrogens is 5. The number of nitrogens with zero attached hydrogens (tertiary/aromatic N) is 4. The van der Waals surface area contributed by atoms with Crippen LogP contribution in [0.5, 0.6) is 5.88 Å². The van der Waals surface area contributed by atoms with Crippen molar-refractivity contribution in [2.45, 2.75) is 52.4 Å². The van der Waals surface area contributed by atoms with Crippen molar-refractivity contribution < 1.29 is 4.74 Å². The molecule has 0 saturated heterocycles. The predicted octanol–water partition coefficient (Wildman–Crippen LogP) is 4.35. The van der Waals surface area contributed by atoms with Gasteiger partial charge in [-0.3, -0.25) is 0 Å². The third-order valence-electron chi connectivity index (χ3n) is 4.45. The highest BCUT2D eigenvalue weighted by molar-refractivity contribution is 5.54. The van der Waals surface area contributed by atoms with E-state index in [0.29, 0.717) is 5.88 Å². The van der Waals surface area contributed by atoms with E-state index in [9.17, 15) is 0 Å². The lowest BCUT2D eigenvalue weighted by atomic mass is 10.1. The van der Waals surface area contributed by atoms with Crippen LogP contribution in [0.25, 0.3) is 17.2 Å². The number of pyridine rings is 1. The zero-order valence-electron chi connectivity index (χ0n) is 15.8.